The number of hydrogen-bond donors (Lipinski definition) is 0. The smallest absolute Gasteiger partial charge is 0.138 e. The van der Waals surface area contributed by atoms with Gasteiger partial charge in [-0.25, -0.2) is 8.78 Å². The van der Waals surface area contributed by atoms with E-state index in [9.17, 15) is 13.3 Å². The number of halogens is 3. The van der Waals surface area contributed by atoms with Crippen molar-refractivity contribution in [2.24, 2.45) is 0 Å². The molecule has 13 heavy (non-hydrogen) atoms. The molecule has 0 aromatic heterocycles. The molecule has 0 saturated heterocycles. The maximum atomic E-state index is 13.2. The summed E-state index contributed by atoms with van der Waals surface area (Å²) in [6.07, 6.45) is 0. The molecule has 0 aliphatic heterocycles. The first-order chi connectivity index (χ1) is 5.82. The Kier molecular flexibility index (Phi) is 2.93. The molecule has 0 atom stereocenters. The summed E-state index contributed by atoms with van der Waals surface area (Å²) in [5.41, 5.74) is 0. The van der Waals surface area contributed by atoms with Crippen molar-refractivity contribution < 1.29 is 13.3 Å². The topological polar surface area (TPSA) is 17.1 Å². The highest BCUT2D eigenvalue weighted by Crippen LogP contribution is 2.36. The molecule has 0 radical (unpaired) electrons. The van der Waals surface area contributed by atoms with Crippen LogP contribution < -0.4 is 5.30 Å². The van der Waals surface area contributed by atoms with Gasteiger partial charge >= 0.3 is 0 Å². The molecule has 0 heterocycles. The molecule has 72 valence electrons. The summed E-state index contributed by atoms with van der Waals surface area (Å²) in [5.74, 6) is -1.23. The van der Waals surface area contributed by atoms with Crippen molar-refractivity contribution in [2.75, 3.05) is 13.3 Å². The Morgan fingerprint density at radius 1 is 1.23 bits per heavy atom. The SMILES string of the molecule is CP(C)(=O)c1cc(F)c(Br)cc1F. The van der Waals surface area contributed by atoms with Gasteiger partial charge in [-0.05, 0) is 41.4 Å². The summed E-state index contributed by atoms with van der Waals surface area (Å²) in [7, 11) is -2.74. The molecule has 0 spiro atoms. The first-order valence-corrected chi connectivity index (χ1v) is 6.92. The van der Waals surface area contributed by atoms with Gasteiger partial charge in [0.25, 0.3) is 0 Å². The first kappa shape index (κ1) is 10.9. The van der Waals surface area contributed by atoms with Gasteiger partial charge in [0, 0.05) is 5.30 Å². The highest BCUT2D eigenvalue weighted by atomic mass is 79.9. The van der Waals surface area contributed by atoms with E-state index in [0.717, 1.165) is 12.1 Å². The van der Waals surface area contributed by atoms with Crippen LogP contribution in [0, 0.1) is 11.6 Å². The van der Waals surface area contributed by atoms with Gasteiger partial charge < -0.3 is 4.57 Å². The van der Waals surface area contributed by atoms with Gasteiger partial charge in [-0.3, -0.25) is 0 Å². The van der Waals surface area contributed by atoms with Crippen LogP contribution in [0.15, 0.2) is 16.6 Å². The summed E-state index contributed by atoms with van der Waals surface area (Å²) in [6, 6.07) is 1.96. The molecule has 0 N–H and O–H groups in total. The lowest BCUT2D eigenvalue weighted by atomic mass is 10.3. The van der Waals surface area contributed by atoms with Crippen molar-refractivity contribution in [1.82, 2.24) is 0 Å². The second-order valence-electron chi connectivity index (χ2n) is 3.07. The third-order valence-corrected chi connectivity index (χ3v) is 3.68. The molecular formula is C8H8BrF2OP. The van der Waals surface area contributed by atoms with Crippen LogP contribution in [0.2, 0.25) is 0 Å². The minimum atomic E-state index is -2.74. The Morgan fingerprint density at radius 2 is 1.77 bits per heavy atom. The summed E-state index contributed by atoms with van der Waals surface area (Å²) in [4.78, 5) is 0. The van der Waals surface area contributed by atoms with Gasteiger partial charge in [0.1, 0.15) is 18.8 Å². The molecule has 0 unspecified atom stereocenters. The molecule has 0 aliphatic carbocycles. The molecule has 1 nitrogen and oxygen atoms in total. The second-order valence-corrected chi connectivity index (χ2v) is 7.11. The lowest BCUT2D eigenvalue weighted by Crippen LogP contribution is -2.09. The molecule has 1 aromatic carbocycles. The second kappa shape index (κ2) is 3.50. The van der Waals surface area contributed by atoms with Crippen LogP contribution in [0.4, 0.5) is 8.78 Å². The molecule has 0 bridgehead atoms. The van der Waals surface area contributed by atoms with Crippen LogP contribution in [-0.4, -0.2) is 13.3 Å². The Bertz CT molecular complexity index is 386. The summed E-state index contributed by atoms with van der Waals surface area (Å²) in [5, 5.41) is -0.0480. The van der Waals surface area contributed by atoms with E-state index in [2.05, 4.69) is 15.9 Å². The van der Waals surface area contributed by atoms with E-state index in [1.807, 2.05) is 0 Å². The van der Waals surface area contributed by atoms with E-state index in [1.54, 1.807) is 0 Å². The van der Waals surface area contributed by atoms with Crippen molar-refractivity contribution in [1.29, 1.82) is 0 Å². The van der Waals surface area contributed by atoms with Crippen LogP contribution in [0.1, 0.15) is 0 Å². The number of rotatable bonds is 1. The van der Waals surface area contributed by atoms with Gasteiger partial charge in [0.2, 0.25) is 0 Å². The average Bonchev–Trinajstić information content (AvgIpc) is 1.94. The predicted octanol–water partition coefficient (Wildman–Crippen LogP) is 2.98. The molecule has 1 rings (SSSR count). The van der Waals surface area contributed by atoms with Gasteiger partial charge in [0.05, 0.1) is 4.47 Å². The van der Waals surface area contributed by atoms with Crippen LogP contribution in [0.3, 0.4) is 0 Å². The van der Waals surface area contributed by atoms with E-state index in [0.29, 0.717) is 0 Å². The van der Waals surface area contributed by atoms with Crippen molar-refractivity contribution in [3.63, 3.8) is 0 Å². The molecular weight excluding hydrogens is 261 g/mol. The fourth-order valence-electron chi connectivity index (χ4n) is 0.925. The van der Waals surface area contributed by atoms with Crippen LogP contribution >= 0.6 is 23.1 Å². The third-order valence-electron chi connectivity index (χ3n) is 1.57. The molecule has 0 amide bonds. The monoisotopic (exact) mass is 268 g/mol. The fraction of sp³-hybridized carbons (Fsp3) is 0.250. The zero-order valence-corrected chi connectivity index (χ0v) is 9.62. The van der Waals surface area contributed by atoms with Crippen molar-refractivity contribution in [3.05, 3.63) is 28.2 Å². The lowest BCUT2D eigenvalue weighted by Gasteiger charge is -2.08. The molecule has 1 aromatic rings. The Morgan fingerprint density at radius 3 is 2.23 bits per heavy atom. The zero-order chi connectivity index (χ0) is 10.2. The highest BCUT2D eigenvalue weighted by molar-refractivity contribution is 9.10. The standard InChI is InChI=1S/C8H8BrF2OP/c1-13(2,12)8-4-6(10)5(9)3-7(8)11/h3-4H,1-2H3. The molecule has 5 heteroatoms. The van der Waals surface area contributed by atoms with E-state index in [1.165, 1.54) is 13.3 Å². The molecule has 0 saturated carbocycles. The van der Waals surface area contributed by atoms with Gasteiger partial charge in [0.15, 0.2) is 0 Å². The van der Waals surface area contributed by atoms with E-state index in [4.69, 9.17) is 0 Å². The average molecular weight is 269 g/mol. The number of benzene rings is 1. The van der Waals surface area contributed by atoms with Crippen molar-refractivity contribution in [2.45, 2.75) is 0 Å². The fourth-order valence-corrected chi connectivity index (χ4v) is 2.24. The van der Waals surface area contributed by atoms with Crippen molar-refractivity contribution >= 4 is 28.4 Å². The van der Waals surface area contributed by atoms with Gasteiger partial charge in [-0.15, -0.1) is 0 Å². The minimum absolute atomic E-state index is 0.0437. The maximum absolute atomic E-state index is 13.2. The highest BCUT2D eigenvalue weighted by Gasteiger charge is 2.18. The minimum Gasteiger partial charge on any atom is -0.319 e. The largest absolute Gasteiger partial charge is 0.319 e. The maximum Gasteiger partial charge on any atom is 0.138 e. The van der Waals surface area contributed by atoms with E-state index < -0.39 is 18.8 Å². The van der Waals surface area contributed by atoms with Gasteiger partial charge in [-0.1, -0.05) is 0 Å². The third kappa shape index (κ3) is 2.38. The van der Waals surface area contributed by atoms with Gasteiger partial charge in [-0.2, -0.15) is 0 Å². The zero-order valence-electron chi connectivity index (χ0n) is 7.14. The first-order valence-electron chi connectivity index (χ1n) is 3.52. The van der Waals surface area contributed by atoms with Crippen LogP contribution in [0.25, 0.3) is 0 Å². The van der Waals surface area contributed by atoms with Crippen molar-refractivity contribution in [3.8, 4) is 0 Å². The van der Waals surface area contributed by atoms with Crippen LogP contribution in [-0.2, 0) is 4.57 Å². The lowest BCUT2D eigenvalue weighted by molar-refractivity contribution is 0.580. The predicted molar refractivity (Wildman–Crippen MR) is 53.1 cm³/mol. The Hall–Kier alpha value is -0.210. The molecule has 0 fully saturated rings. The van der Waals surface area contributed by atoms with E-state index >= 15 is 0 Å². The van der Waals surface area contributed by atoms with E-state index in [-0.39, 0.29) is 9.78 Å². The summed E-state index contributed by atoms with van der Waals surface area (Å²) >= 11 is 2.84. The van der Waals surface area contributed by atoms with Crippen LogP contribution in [0.5, 0.6) is 0 Å². The Balaban J connectivity index is 3.41. The number of hydrogen-bond acceptors (Lipinski definition) is 1. The molecule has 0 aliphatic rings. The normalized spacial score (nSPS) is 11.8. The summed E-state index contributed by atoms with van der Waals surface area (Å²) < 4.78 is 37.6. The quantitative estimate of drug-likeness (QED) is 0.565. The Labute approximate surface area is 83.6 Å². The summed E-state index contributed by atoms with van der Waals surface area (Å²) in [6.45, 7) is 2.80.